The fourth-order valence-electron chi connectivity index (χ4n) is 2.60. The van der Waals surface area contributed by atoms with Crippen LogP contribution in [-0.2, 0) is 20.0 Å². The van der Waals surface area contributed by atoms with Gasteiger partial charge >= 0.3 is 0 Å². The Kier molecular flexibility index (Phi) is 4.60. The normalized spacial score (nSPS) is 13.1. The summed E-state index contributed by atoms with van der Waals surface area (Å²) in [4.78, 5) is 4.26. The Morgan fingerprint density at radius 3 is 2.75 bits per heavy atom. The van der Waals surface area contributed by atoms with Gasteiger partial charge in [0.15, 0.2) is 0 Å². The van der Waals surface area contributed by atoms with Crippen molar-refractivity contribution in [3.8, 4) is 0 Å². The van der Waals surface area contributed by atoms with Gasteiger partial charge in [0.1, 0.15) is 0 Å². The molecule has 1 unspecified atom stereocenters. The van der Waals surface area contributed by atoms with Crippen LogP contribution in [0.2, 0.25) is 0 Å². The Morgan fingerprint density at radius 1 is 1.35 bits per heavy atom. The number of aryl methyl sites for hydroxylation is 2. The van der Waals surface area contributed by atoms with Crippen LogP contribution in [0.1, 0.15) is 50.2 Å². The molecule has 5 nitrogen and oxygen atoms in total. The van der Waals surface area contributed by atoms with E-state index in [1.54, 1.807) is 0 Å². The zero-order valence-corrected chi connectivity index (χ0v) is 12.9. The SMILES string of the molecule is CCc1nn(C)cc1Cn1cncc1C(N)CC(C)C. The third-order valence-corrected chi connectivity index (χ3v) is 3.52. The minimum absolute atomic E-state index is 0.0410. The van der Waals surface area contributed by atoms with Crippen LogP contribution < -0.4 is 5.73 Å². The van der Waals surface area contributed by atoms with E-state index in [1.807, 2.05) is 24.3 Å². The summed E-state index contributed by atoms with van der Waals surface area (Å²) in [6.45, 7) is 7.30. The number of nitrogens with zero attached hydrogens (tertiary/aromatic N) is 4. The highest BCUT2D eigenvalue weighted by molar-refractivity contribution is 5.19. The van der Waals surface area contributed by atoms with Gasteiger partial charge in [0, 0.05) is 31.0 Å². The van der Waals surface area contributed by atoms with Crippen molar-refractivity contribution in [2.45, 2.75) is 46.2 Å². The molecule has 0 radical (unpaired) electrons. The van der Waals surface area contributed by atoms with Crippen LogP contribution in [0.4, 0.5) is 0 Å². The Morgan fingerprint density at radius 2 is 2.10 bits per heavy atom. The molecule has 0 bridgehead atoms. The summed E-state index contributed by atoms with van der Waals surface area (Å²) in [6, 6.07) is 0.0410. The number of hydrogen-bond donors (Lipinski definition) is 1. The standard InChI is InChI=1S/C15H25N5/c1-5-14-12(8-19(4)18-14)9-20-10-17-7-15(20)13(16)6-11(2)3/h7-8,10-11,13H,5-6,9,16H2,1-4H3. The summed E-state index contributed by atoms with van der Waals surface area (Å²) < 4.78 is 4.02. The summed E-state index contributed by atoms with van der Waals surface area (Å²) in [5.74, 6) is 0.581. The fourth-order valence-corrected chi connectivity index (χ4v) is 2.60. The van der Waals surface area contributed by atoms with Gasteiger partial charge in [-0.3, -0.25) is 4.68 Å². The summed E-state index contributed by atoms with van der Waals surface area (Å²) in [5.41, 5.74) is 9.78. The molecule has 2 N–H and O–H groups in total. The second-order valence-corrected chi connectivity index (χ2v) is 5.81. The van der Waals surface area contributed by atoms with Crippen molar-refractivity contribution in [1.82, 2.24) is 19.3 Å². The van der Waals surface area contributed by atoms with Gasteiger partial charge in [0.05, 0.1) is 24.3 Å². The molecule has 0 aliphatic rings. The molecule has 2 rings (SSSR count). The van der Waals surface area contributed by atoms with E-state index in [0.29, 0.717) is 5.92 Å². The van der Waals surface area contributed by atoms with Crippen molar-refractivity contribution >= 4 is 0 Å². The van der Waals surface area contributed by atoms with Crippen molar-refractivity contribution in [2.24, 2.45) is 18.7 Å². The van der Waals surface area contributed by atoms with Crippen LogP contribution in [0, 0.1) is 5.92 Å². The second-order valence-electron chi connectivity index (χ2n) is 5.81. The lowest BCUT2D eigenvalue weighted by atomic mass is 10.0. The fraction of sp³-hybridized carbons (Fsp3) is 0.600. The first-order valence-electron chi connectivity index (χ1n) is 7.28. The molecule has 0 aromatic carbocycles. The van der Waals surface area contributed by atoms with Crippen LogP contribution in [-0.4, -0.2) is 19.3 Å². The molecule has 20 heavy (non-hydrogen) atoms. The molecule has 5 heteroatoms. The number of rotatable bonds is 6. The van der Waals surface area contributed by atoms with Gasteiger partial charge < -0.3 is 10.3 Å². The van der Waals surface area contributed by atoms with E-state index >= 15 is 0 Å². The molecule has 2 heterocycles. The lowest BCUT2D eigenvalue weighted by Crippen LogP contribution is -2.17. The second kappa shape index (κ2) is 6.22. The van der Waals surface area contributed by atoms with E-state index in [9.17, 15) is 0 Å². The Bertz CT molecular complexity index is 552. The van der Waals surface area contributed by atoms with Crippen LogP contribution in [0.5, 0.6) is 0 Å². The van der Waals surface area contributed by atoms with E-state index < -0.39 is 0 Å². The molecule has 0 saturated carbocycles. The first kappa shape index (κ1) is 14.8. The highest BCUT2D eigenvalue weighted by Gasteiger charge is 2.15. The number of imidazole rings is 1. The maximum atomic E-state index is 6.29. The minimum atomic E-state index is 0.0410. The van der Waals surface area contributed by atoms with Crippen LogP contribution >= 0.6 is 0 Å². The highest BCUT2D eigenvalue weighted by atomic mass is 15.3. The lowest BCUT2D eigenvalue weighted by molar-refractivity contribution is 0.488. The van der Waals surface area contributed by atoms with Crippen molar-refractivity contribution in [3.63, 3.8) is 0 Å². The highest BCUT2D eigenvalue weighted by Crippen LogP contribution is 2.20. The maximum absolute atomic E-state index is 6.29. The summed E-state index contributed by atoms with van der Waals surface area (Å²) in [7, 11) is 1.96. The van der Waals surface area contributed by atoms with Gasteiger partial charge in [-0.05, 0) is 18.8 Å². The van der Waals surface area contributed by atoms with E-state index in [0.717, 1.165) is 30.8 Å². The van der Waals surface area contributed by atoms with Crippen LogP contribution in [0.3, 0.4) is 0 Å². The molecule has 2 aromatic rings. The number of hydrogen-bond acceptors (Lipinski definition) is 3. The summed E-state index contributed by atoms with van der Waals surface area (Å²) in [6.07, 6.45) is 7.74. The lowest BCUT2D eigenvalue weighted by Gasteiger charge is -2.16. The quantitative estimate of drug-likeness (QED) is 0.879. The molecule has 0 amide bonds. The summed E-state index contributed by atoms with van der Waals surface area (Å²) in [5, 5.41) is 4.48. The summed E-state index contributed by atoms with van der Waals surface area (Å²) >= 11 is 0. The third-order valence-electron chi connectivity index (χ3n) is 3.52. The molecule has 110 valence electrons. The molecule has 0 spiro atoms. The smallest absolute Gasteiger partial charge is 0.0951 e. The molecular weight excluding hydrogens is 250 g/mol. The predicted molar refractivity (Wildman–Crippen MR) is 80.3 cm³/mol. The third kappa shape index (κ3) is 3.28. The van der Waals surface area contributed by atoms with E-state index in [2.05, 4.69) is 41.6 Å². The molecule has 0 aliphatic carbocycles. The van der Waals surface area contributed by atoms with Gasteiger partial charge in [0.2, 0.25) is 0 Å². The molecule has 1 atom stereocenters. The Balaban J connectivity index is 2.20. The number of nitrogens with two attached hydrogens (primary N) is 1. The molecular formula is C15H25N5. The Hall–Kier alpha value is -1.62. The van der Waals surface area contributed by atoms with Gasteiger partial charge in [-0.1, -0.05) is 20.8 Å². The van der Waals surface area contributed by atoms with Gasteiger partial charge in [-0.15, -0.1) is 0 Å². The van der Waals surface area contributed by atoms with Crippen LogP contribution in [0.15, 0.2) is 18.7 Å². The molecule has 0 fully saturated rings. The van der Waals surface area contributed by atoms with Crippen molar-refractivity contribution in [1.29, 1.82) is 0 Å². The zero-order chi connectivity index (χ0) is 14.7. The minimum Gasteiger partial charge on any atom is -0.329 e. The number of aromatic nitrogens is 4. The Labute approximate surface area is 120 Å². The van der Waals surface area contributed by atoms with E-state index in [4.69, 9.17) is 5.73 Å². The molecule has 0 aliphatic heterocycles. The van der Waals surface area contributed by atoms with E-state index in [-0.39, 0.29) is 6.04 Å². The average molecular weight is 275 g/mol. The molecule has 2 aromatic heterocycles. The largest absolute Gasteiger partial charge is 0.329 e. The van der Waals surface area contributed by atoms with Crippen molar-refractivity contribution in [3.05, 3.63) is 35.7 Å². The van der Waals surface area contributed by atoms with Gasteiger partial charge in [-0.2, -0.15) is 5.10 Å². The van der Waals surface area contributed by atoms with Gasteiger partial charge in [0.25, 0.3) is 0 Å². The predicted octanol–water partition coefficient (Wildman–Crippen LogP) is 2.27. The first-order valence-corrected chi connectivity index (χ1v) is 7.28. The van der Waals surface area contributed by atoms with Crippen molar-refractivity contribution in [2.75, 3.05) is 0 Å². The topological polar surface area (TPSA) is 61.7 Å². The van der Waals surface area contributed by atoms with Gasteiger partial charge in [-0.25, -0.2) is 4.98 Å². The first-order chi connectivity index (χ1) is 9.51. The maximum Gasteiger partial charge on any atom is 0.0951 e. The van der Waals surface area contributed by atoms with Crippen molar-refractivity contribution < 1.29 is 0 Å². The van der Waals surface area contributed by atoms with E-state index in [1.165, 1.54) is 5.56 Å². The van der Waals surface area contributed by atoms with Crippen LogP contribution in [0.25, 0.3) is 0 Å². The molecule has 0 saturated heterocycles. The monoisotopic (exact) mass is 275 g/mol. The average Bonchev–Trinajstić information content (AvgIpc) is 2.95. The zero-order valence-electron chi connectivity index (χ0n) is 12.9.